The van der Waals surface area contributed by atoms with E-state index in [1.165, 1.54) is 17.5 Å². The first kappa shape index (κ1) is 18.5. The van der Waals surface area contributed by atoms with Crippen LogP contribution in [-0.4, -0.2) is 0 Å². The zero-order valence-electron chi connectivity index (χ0n) is 15.2. The number of nitrogens with one attached hydrogen (secondary N) is 1. The van der Waals surface area contributed by atoms with Crippen molar-refractivity contribution in [3.8, 4) is 5.75 Å². The van der Waals surface area contributed by atoms with Gasteiger partial charge in [-0.25, -0.2) is 4.39 Å². The van der Waals surface area contributed by atoms with Crippen molar-refractivity contribution >= 4 is 32.4 Å². The molecule has 28 heavy (non-hydrogen) atoms. The molecule has 0 fully saturated rings. The molecule has 2 nitrogen and oxygen atoms in total. The van der Waals surface area contributed by atoms with Crippen LogP contribution in [0.15, 0.2) is 89.4 Å². The second kappa shape index (κ2) is 8.44. The summed E-state index contributed by atoms with van der Waals surface area (Å²) in [6, 6.07) is 26.8. The summed E-state index contributed by atoms with van der Waals surface area (Å²) in [6.45, 7) is 1.03. The monoisotopic (exact) mass is 435 g/mol. The number of halogens is 2. The van der Waals surface area contributed by atoms with E-state index in [4.69, 9.17) is 4.74 Å². The minimum absolute atomic E-state index is 0.242. The Labute approximate surface area is 172 Å². The SMILES string of the molecule is Fc1ccc(COc2ccc3ccccc3c2CNc2ccc(Br)cc2)cc1. The molecule has 0 saturated heterocycles. The van der Waals surface area contributed by atoms with Gasteiger partial charge in [0.2, 0.25) is 0 Å². The van der Waals surface area contributed by atoms with Crippen LogP contribution in [0, 0.1) is 5.82 Å². The molecule has 140 valence electrons. The Morgan fingerprint density at radius 3 is 2.36 bits per heavy atom. The molecular weight excluding hydrogens is 417 g/mol. The van der Waals surface area contributed by atoms with Crippen LogP contribution < -0.4 is 10.1 Å². The average Bonchev–Trinajstić information content (AvgIpc) is 2.73. The maximum absolute atomic E-state index is 13.1. The summed E-state index contributed by atoms with van der Waals surface area (Å²) in [5.41, 5.74) is 3.07. The number of hydrogen-bond donors (Lipinski definition) is 1. The van der Waals surface area contributed by atoms with E-state index >= 15 is 0 Å². The van der Waals surface area contributed by atoms with E-state index in [-0.39, 0.29) is 5.82 Å². The maximum atomic E-state index is 13.1. The van der Waals surface area contributed by atoms with Gasteiger partial charge in [0.25, 0.3) is 0 Å². The summed E-state index contributed by atoms with van der Waals surface area (Å²) in [5, 5.41) is 5.80. The van der Waals surface area contributed by atoms with Crippen molar-refractivity contribution in [2.75, 3.05) is 5.32 Å². The number of fused-ring (bicyclic) bond motifs is 1. The molecule has 4 aromatic carbocycles. The highest BCUT2D eigenvalue weighted by molar-refractivity contribution is 9.10. The first-order valence-corrected chi connectivity index (χ1v) is 9.86. The van der Waals surface area contributed by atoms with E-state index in [1.54, 1.807) is 12.1 Å². The van der Waals surface area contributed by atoms with Gasteiger partial charge in [-0.3, -0.25) is 0 Å². The van der Waals surface area contributed by atoms with Crippen LogP contribution in [0.25, 0.3) is 10.8 Å². The maximum Gasteiger partial charge on any atom is 0.125 e. The van der Waals surface area contributed by atoms with Gasteiger partial charge in [0.05, 0.1) is 0 Å². The molecule has 0 bridgehead atoms. The van der Waals surface area contributed by atoms with E-state index in [1.807, 2.05) is 42.5 Å². The molecule has 0 aliphatic carbocycles. The van der Waals surface area contributed by atoms with Crippen molar-refractivity contribution in [2.24, 2.45) is 0 Å². The molecule has 0 heterocycles. The number of anilines is 1. The van der Waals surface area contributed by atoms with E-state index in [0.29, 0.717) is 13.2 Å². The summed E-state index contributed by atoms with van der Waals surface area (Å²) in [4.78, 5) is 0. The molecular formula is C24H19BrFNO. The van der Waals surface area contributed by atoms with Gasteiger partial charge >= 0.3 is 0 Å². The molecule has 0 aliphatic rings. The Kier molecular flexibility index (Phi) is 5.58. The molecule has 0 aromatic heterocycles. The topological polar surface area (TPSA) is 21.3 Å². The third-order valence-electron chi connectivity index (χ3n) is 4.62. The van der Waals surface area contributed by atoms with Gasteiger partial charge in [0.1, 0.15) is 18.2 Å². The van der Waals surface area contributed by atoms with Crippen LogP contribution in [0.1, 0.15) is 11.1 Å². The zero-order chi connectivity index (χ0) is 19.3. The summed E-state index contributed by atoms with van der Waals surface area (Å²) < 4.78 is 20.3. The van der Waals surface area contributed by atoms with Gasteiger partial charge in [0, 0.05) is 22.3 Å². The Bertz CT molecular complexity index is 1080. The summed E-state index contributed by atoms with van der Waals surface area (Å²) in [5.74, 6) is 0.585. The summed E-state index contributed by atoms with van der Waals surface area (Å²) in [7, 11) is 0. The third kappa shape index (κ3) is 4.34. The van der Waals surface area contributed by atoms with E-state index in [2.05, 4.69) is 39.4 Å². The lowest BCUT2D eigenvalue weighted by atomic mass is 10.0. The highest BCUT2D eigenvalue weighted by Crippen LogP contribution is 2.30. The molecule has 0 atom stereocenters. The molecule has 0 spiro atoms. The smallest absolute Gasteiger partial charge is 0.125 e. The number of hydrogen-bond acceptors (Lipinski definition) is 2. The lowest BCUT2D eigenvalue weighted by Crippen LogP contribution is -2.04. The fourth-order valence-corrected chi connectivity index (χ4v) is 3.40. The highest BCUT2D eigenvalue weighted by atomic mass is 79.9. The van der Waals surface area contributed by atoms with Gasteiger partial charge < -0.3 is 10.1 Å². The van der Waals surface area contributed by atoms with Crippen LogP contribution in [-0.2, 0) is 13.2 Å². The lowest BCUT2D eigenvalue weighted by Gasteiger charge is -2.16. The first-order valence-electron chi connectivity index (χ1n) is 9.06. The van der Waals surface area contributed by atoms with Crippen molar-refractivity contribution in [1.29, 1.82) is 0 Å². The predicted molar refractivity (Wildman–Crippen MR) is 116 cm³/mol. The van der Waals surface area contributed by atoms with Crippen LogP contribution in [0.5, 0.6) is 5.75 Å². The van der Waals surface area contributed by atoms with Crippen molar-refractivity contribution in [3.05, 3.63) is 106 Å². The van der Waals surface area contributed by atoms with E-state index in [9.17, 15) is 4.39 Å². The fraction of sp³-hybridized carbons (Fsp3) is 0.0833. The van der Waals surface area contributed by atoms with Crippen LogP contribution in [0.4, 0.5) is 10.1 Å². The second-order valence-corrected chi connectivity index (χ2v) is 7.45. The summed E-state index contributed by atoms with van der Waals surface area (Å²) >= 11 is 3.46. The fourth-order valence-electron chi connectivity index (χ4n) is 3.13. The average molecular weight is 436 g/mol. The van der Waals surface area contributed by atoms with E-state index < -0.39 is 0 Å². The van der Waals surface area contributed by atoms with Gasteiger partial charge in [-0.15, -0.1) is 0 Å². The van der Waals surface area contributed by atoms with Crippen LogP contribution >= 0.6 is 15.9 Å². The molecule has 0 saturated carbocycles. The largest absolute Gasteiger partial charge is 0.489 e. The zero-order valence-corrected chi connectivity index (χ0v) is 16.7. The highest BCUT2D eigenvalue weighted by Gasteiger charge is 2.09. The van der Waals surface area contributed by atoms with Crippen LogP contribution in [0.3, 0.4) is 0 Å². The molecule has 0 radical (unpaired) electrons. The van der Waals surface area contributed by atoms with Crippen molar-refractivity contribution < 1.29 is 9.13 Å². The molecule has 0 aliphatic heterocycles. The lowest BCUT2D eigenvalue weighted by molar-refractivity contribution is 0.303. The molecule has 1 N–H and O–H groups in total. The van der Waals surface area contributed by atoms with Crippen molar-refractivity contribution in [2.45, 2.75) is 13.2 Å². The van der Waals surface area contributed by atoms with Gasteiger partial charge in [-0.2, -0.15) is 0 Å². The predicted octanol–water partition coefficient (Wildman–Crippen LogP) is 6.93. The molecule has 4 aromatic rings. The third-order valence-corrected chi connectivity index (χ3v) is 5.15. The standard InChI is InChI=1S/C24H19BrFNO/c25-19-8-12-21(13-9-19)27-15-23-22-4-2-1-3-18(22)7-14-24(23)28-16-17-5-10-20(26)11-6-17/h1-14,27H,15-16H2. The first-order chi connectivity index (χ1) is 13.7. The van der Waals surface area contributed by atoms with Gasteiger partial charge in [0.15, 0.2) is 0 Å². The van der Waals surface area contributed by atoms with Gasteiger partial charge in [-0.05, 0) is 58.8 Å². The Morgan fingerprint density at radius 2 is 1.57 bits per heavy atom. The normalized spacial score (nSPS) is 10.8. The molecule has 0 unspecified atom stereocenters. The Balaban J connectivity index is 1.60. The number of rotatable bonds is 6. The van der Waals surface area contributed by atoms with E-state index in [0.717, 1.165) is 32.4 Å². The quantitative estimate of drug-likeness (QED) is 0.354. The Morgan fingerprint density at radius 1 is 0.821 bits per heavy atom. The minimum atomic E-state index is -0.242. The van der Waals surface area contributed by atoms with Crippen molar-refractivity contribution in [3.63, 3.8) is 0 Å². The van der Waals surface area contributed by atoms with Crippen molar-refractivity contribution in [1.82, 2.24) is 0 Å². The number of benzene rings is 4. The van der Waals surface area contributed by atoms with Crippen LogP contribution in [0.2, 0.25) is 0 Å². The molecule has 4 rings (SSSR count). The second-order valence-electron chi connectivity index (χ2n) is 6.54. The Hall–Kier alpha value is -2.85. The van der Waals surface area contributed by atoms with Gasteiger partial charge in [-0.1, -0.05) is 58.4 Å². The number of ether oxygens (including phenoxy) is 1. The molecule has 0 amide bonds. The molecule has 4 heteroatoms. The summed E-state index contributed by atoms with van der Waals surface area (Å²) in [6.07, 6.45) is 0. The minimum Gasteiger partial charge on any atom is -0.489 e.